The smallest absolute Gasteiger partial charge is 0.0542 e. The van der Waals surface area contributed by atoms with E-state index in [-0.39, 0.29) is 6.10 Å². The van der Waals surface area contributed by atoms with Crippen LogP contribution in [0.5, 0.6) is 0 Å². The minimum atomic E-state index is 0.0191. The first-order chi connectivity index (χ1) is 5.33. The summed E-state index contributed by atoms with van der Waals surface area (Å²) >= 11 is 0. The van der Waals surface area contributed by atoms with E-state index in [9.17, 15) is 5.11 Å². The first-order valence-electron chi connectivity index (χ1n) is 5.01. The molecule has 0 heterocycles. The van der Waals surface area contributed by atoms with Gasteiger partial charge in [-0.05, 0) is 18.8 Å². The molecule has 1 nitrogen and oxygen atoms in total. The van der Waals surface area contributed by atoms with Crippen LogP contribution in [0.1, 0.15) is 51.9 Å². The van der Waals surface area contributed by atoms with Crippen molar-refractivity contribution in [2.24, 2.45) is 5.92 Å². The molecule has 1 aliphatic carbocycles. The van der Waals surface area contributed by atoms with Crippen LogP contribution >= 0.6 is 0 Å². The van der Waals surface area contributed by atoms with Crippen molar-refractivity contribution in [1.29, 1.82) is 0 Å². The molecule has 0 aromatic heterocycles. The van der Waals surface area contributed by atoms with Gasteiger partial charge in [-0.2, -0.15) is 0 Å². The Balaban J connectivity index is 2.12. The molecule has 1 aliphatic rings. The number of rotatable bonds is 3. The summed E-state index contributed by atoms with van der Waals surface area (Å²) in [5.41, 5.74) is 0. The summed E-state index contributed by atoms with van der Waals surface area (Å²) in [4.78, 5) is 0. The number of unbranched alkanes of at least 4 members (excludes halogenated alkanes) is 1. The van der Waals surface area contributed by atoms with Crippen molar-refractivity contribution in [2.45, 2.75) is 58.0 Å². The van der Waals surface area contributed by atoms with E-state index in [0.717, 1.165) is 18.8 Å². The molecule has 0 spiro atoms. The lowest BCUT2D eigenvalue weighted by Crippen LogP contribution is -2.19. The van der Waals surface area contributed by atoms with Crippen LogP contribution in [-0.2, 0) is 0 Å². The number of hydrogen-bond acceptors (Lipinski definition) is 1. The molecule has 66 valence electrons. The van der Waals surface area contributed by atoms with Gasteiger partial charge in [0.1, 0.15) is 0 Å². The fourth-order valence-electron chi connectivity index (χ4n) is 2.02. The van der Waals surface area contributed by atoms with E-state index >= 15 is 0 Å². The van der Waals surface area contributed by atoms with Crippen LogP contribution in [0.4, 0.5) is 0 Å². The van der Waals surface area contributed by atoms with Crippen LogP contribution in [0.15, 0.2) is 0 Å². The summed E-state index contributed by atoms with van der Waals surface area (Å²) in [6.07, 6.45) is 8.72. The van der Waals surface area contributed by atoms with Gasteiger partial charge in [-0.25, -0.2) is 0 Å². The van der Waals surface area contributed by atoms with E-state index in [0.29, 0.717) is 0 Å². The van der Waals surface area contributed by atoms with Crippen LogP contribution in [0.2, 0.25) is 0 Å². The van der Waals surface area contributed by atoms with Crippen molar-refractivity contribution in [1.82, 2.24) is 0 Å². The van der Waals surface area contributed by atoms with Crippen molar-refractivity contribution < 1.29 is 5.11 Å². The summed E-state index contributed by atoms with van der Waals surface area (Å²) in [6, 6.07) is 0. The number of aliphatic hydroxyl groups is 1. The molecule has 0 unspecified atom stereocenters. The minimum absolute atomic E-state index is 0.0191. The summed E-state index contributed by atoms with van der Waals surface area (Å²) in [6.45, 7) is 2.24. The fourth-order valence-corrected chi connectivity index (χ4v) is 2.02. The number of aliphatic hydroxyl groups excluding tert-OH is 1. The molecule has 0 aliphatic heterocycles. The van der Waals surface area contributed by atoms with Crippen LogP contribution in [0.3, 0.4) is 0 Å². The lowest BCUT2D eigenvalue weighted by molar-refractivity contribution is 0.0975. The molecule has 11 heavy (non-hydrogen) atoms. The Labute approximate surface area is 69.8 Å². The molecule has 0 aromatic rings. The zero-order valence-corrected chi connectivity index (χ0v) is 7.55. The quantitative estimate of drug-likeness (QED) is 0.666. The molecule has 0 aromatic carbocycles. The maximum Gasteiger partial charge on any atom is 0.0542 e. The van der Waals surface area contributed by atoms with Gasteiger partial charge in [0.05, 0.1) is 6.10 Å². The van der Waals surface area contributed by atoms with Gasteiger partial charge in [0.2, 0.25) is 0 Å². The van der Waals surface area contributed by atoms with Gasteiger partial charge in [-0.3, -0.25) is 0 Å². The van der Waals surface area contributed by atoms with Crippen LogP contribution in [0.25, 0.3) is 0 Å². The Morgan fingerprint density at radius 3 is 2.82 bits per heavy atom. The highest BCUT2D eigenvalue weighted by atomic mass is 16.3. The number of hydrogen-bond donors (Lipinski definition) is 1. The Bertz CT molecular complexity index is 101. The zero-order chi connectivity index (χ0) is 8.10. The second kappa shape index (κ2) is 4.76. The maximum absolute atomic E-state index is 9.38. The summed E-state index contributed by atoms with van der Waals surface area (Å²) in [5.74, 6) is 0.832. The first-order valence-corrected chi connectivity index (χ1v) is 5.01. The van der Waals surface area contributed by atoms with E-state index < -0.39 is 0 Å². The Morgan fingerprint density at radius 2 is 2.18 bits per heavy atom. The molecule has 0 radical (unpaired) electrons. The molecule has 2 atom stereocenters. The first kappa shape index (κ1) is 9.05. The van der Waals surface area contributed by atoms with E-state index in [1.54, 1.807) is 0 Å². The second-order valence-electron chi connectivity index (χ2n) is 3.83. The Hall–Kier alpha value is -0.0400. The fraction of sp³-hybridized carbons (Fsp3) is 1.00. The normalized spacial score (nSPS) is 32.2. The van der Waals surface area contributed by atoms with Crippen molar-refractivity contribution in [3.8, 4) is 0 Å². The van der Waals surface area contributed by atoms with E-state index in [4.69, 9.17) is 0 Å². The van der Waals surface area contributed by atoms with E-state index in [1.165, 1.54) is 32.1 Å². The topological polar surface area (TPSA) is 20.2 Å². The van der Waals surface area contributed by atoms with Crippen LogP contribution < -0.4 is 0 Å². The maximum atomic E-state index is 9.38. The third-order valence-electron chi connectivity index (χ3n) is 2.72. The van der Waals surface area contributed by atoms with Gasteiger partial charge in [-0.1, -0.05) is 39.0 Å². The molecule has 0 saturated heterocycles. The van der Waals surface area contributed by atoms with Gasteiger partial charge in [0.15, 0.2) is 0 Å². The Kier molecular flexibility index (Phi) is 3.92. The predicted molar refractivity (Wildman–Crippen MR) is 47.5 cm³/mol. The van der Waals surface area contributed by atoms with Crippen molar-refractivity contribution in [2.75, 3.05) is 0 Å². The van der Waals surface area contributed by atoms with Gasteiger partial charge in [0.25, 0.3) is 0 Å². The summed E-state index contributed by atoms with van der Waals surface area (Å²) in [5, 5.41) is 9.38. The highest BCUT2D eigenvalue weighted by Gasteiger charge is 2.18. The highest BCUT2D eigenvalue weighted by molar-refractivity contribution is 4.71. The molecule has 1 saturated carbocycles. The summed E-state index contributed by atoms with van der Waals surface area (Å²) in [7, 11) is 0. The largest absolute Gasteiger partial charge is 0.393 e. The molecule has 1 heteroatoms. The van der Waals surface area contributed by atoms with Crippen molar-refractivity contribution >= 4 is 0 Å². The van der Waals surface area contributed by atoms with Gasteiger partial charge >= 0.3 is 0 Å². The Morgan fingerprint density at radius 1 is 1.36 bits per heavy atom. The molecule has 0 bridgehead atoms. The SMILES string of the molecule is CCCC[C@@H]1CCC[C@@H](O)C1. The van der Waals surface area contributed by atoms with Gasteiger partial charge in [0, 0.05) is 0 Å². The standard InChI is InChI=1S/C10H20O/c1-2-3-5-9-6-4-7-10(11)8-9/h9-11H,2-8H2,1H3/t9-,10-/m1/s1. The highest BCUT2D eigenvalue weighted by Crippen LogP contribution is 2.27. The molecular weight excluding hydrogens is 136 g/mol. The molecule has 1 N–H and O–H groups in total. The minimum Gasteiger partial charge on any atom is -0.393 e. The second-order valence-corrected chi connectivity index (χ2v) is 3.83. The third-order valence-corrected chi connectivity index (χ3v) is 2.72. The van der Waals surface area contributed by atoms with E-state index in [2.05, 4.69) is 6.92 Å². The van der Waals surface area contributed by atoms with Crippen LogP contribution in [-0.4, -0.2) is 11.2 Å². The average molecular weight is 156 g/mol. The third kappa shape index (κ3) is 3.24. The van der Waals surface area contributed by atoms with Crippen molar-refractivity contribution in [3.05, 3.63) is 0 Å². The zero-order valence-electron chi connectivity index (χ0n) is 7.55. The van der Waals surface area contributed by atoms with Crippen molar-refractivity contribution in [3.63, 3.8) is 0 Å². The predicted octanol–water partition coefficient (Wildman–Crippen LogP) is 2.73. The van der Waals surface area contributed by atoms with Gasteiger partial charge in [-0.15, -0.1) is 0 Å². The lowest BCUT2D eigenvalue weighted by atomic mass is 9.84. The molecular formula is C10H20O. The monoisotopic (exact) mass is 156 g/mol. The van der Waals surface area contributed by atoms with Gasteiger partial charge < -0.3 is 5.11 Å². The molecule has 1 rings (SSSR count). The van der Waals surface area contributed by atoms with Crippen LogP contribution in [0, 0.1) is 5.92 Å². The average Bonchev–Trinajstić information content (AvgIpc) is 2.01. The molecule has 0 amide bonds. The molecule has 1 fully saturated rings. The van der Waals surface area contributed by atoms with E-state index in [1.807, 2.05) is 0 Å². The lowest BCUT2D eigenvalue weighted by Gasteiger charge is -2.25. The summed E-state index contributed by atoms with van der Waals surface area (Å²) < 4.78 is 0.